The number of hydrogen-bond acceptors (Lipinski definition) is 15. The van der Waals surface area contributed by atoms with Crippen LogP contribution in [0.25, 0.3) is 0 Å². The molecule has 0 aliphatic heterocycles. The first-order chi connectivity index (χ1) is 48.7. The van der Waals surface area contributed by atoms with Gasteiger partial charge in [-0.25, -0.2) is 9.13 Å². The lowest BCUT2D eigenvalue weighted by Gasteiger charge is -2.21. The van der Waals surface area contributed by atoms with Crippen LogP contribution in [0.15, 0.2) is 0 Å². The normalized spacial score (nSPS) is 14.0. The SMILES string of the molecule is CCCCCCCCCCCCCCCCCCCCCC(=O)O[C@H](COC(=O)CCCCCCCCCCCCCCCCCC(C)C)COP(=O)(O)OC[C@@H](O)COP(=O)(O)OC[C@@H](COC(=O)CCCCCCCCCCC(C)C)OC(=O)CCCCCCCCCCCCC(C)C. The van der Waals surface area contributed by atoms with E-state index in [4.69, 9.17) is 37.0 Å². The van der Waals surface area contributed by atoms with Crippen molar-refractivity contribution >= 4 is 39.5 Å². The second-order valence-corrected chi connectivity index (χ2v) is 33.8. The van der Waals surface area contributed by atoms with E-state index in [-0.39, 0.29) is 25.7 Å². The summed E-state index contributed by atoms with van der Waals surface area (Å²) >= 11 is 0. The van der Waals surface area contributed by atoms with Crippen LogP contribution in [0.2, 0.25) is 0 Å². The smallest absolute Gasteiger partial charge is 0.462 e. The molecule has 0 heterocycles. The van der Waals surface area contributed by atoms with Crippen molar-refractivity contribution in [1.29, 1.82) is 0 Å². The molecule has 0 saturated heterocycles. The van der Waals surface area contributed by atoms with E-state index in [1.165, 1.54) is 238 Å². The minimum absolute atomic E-state index is 0.105. The third-order valence-corrected chi connectivity index (χ3v) is 21.0. The summed E-state index contributed by atoms with van der Waals surface area (Å²) < 4.78 is 68.8. The first-order valence-corrected chi connectivity index (χ1v) is 45.3. The minimum Gasteiger partial charge on any atom is -0.462 e. The summed E-state index contributed by atoms with van der Waals surface area (Å²) in [6.45, 7) is 11.9. The Labute approximate surface area is 619 Å². The van der Waals surface area contributed by atoms with Gasteiger partial charge in [0.25, 0.3) is 0 Å². The highest BCUT2D eigenvalue weighted by atomic mass is 31.2. The van der Waals surface area contributed by atoms with E-state index in [2.05, 4.69) is 48.5 Å². The Kier molecular flexibility index (Phi) is 70.9. The molecule has 101 heavy (non-hydrogen) atoms. The van der Waals surface area contributed by atoms with Crippen molar-refractivity contribution in [1.82, 2.24) is 0 Å². The summed E-state index contributed by atoms with van der Waals surface area (Å²) in [7, 11) is -9.92. The molecule has 0 amide bonds. The standard InChI is InChI=1S/C82H160O17P2/c1-8-9-10-11-12-13-14-15-16-17-18-19-22-26-29-35-44-51-58-65-81(86)98-77(69-92-79(84)63-56-49-42-34-28-25-23-20-21-24-27-32-39-46-53-60-73(2)3)71-96-100(88,89)94-67-76(83)68-95-101(90,91)97-72-78(70-93-80(85)64-57-50-43-38-37-41-48-55-62-75(6)7)99-82(87)66-59-52-45-36-31-30-33-40-47-54-61-74(4)5/h73-78,83H,8-72H2,1-7H3,(H,88,89)(H,90,91)/t76-,77-,78-/m1/s1. The lowest BCUT2D eigenvalue weighted by atomic mass is 10.0. The van der Waals surface area contributed by atoms with Gasteiger partial charge in [-0.15, -0.1) is 0 Å². The van der Waals surface area contributed by atoms with E-state index < -0.39 is 97.5 Å². The number of aliphatic hydroxyl groups is 1. The van der Waals surface area contributed by atoms with Crippen LogP contribution in [0.5, 0.6) is 0 Å². The van der Waals surface area contributed by atoms with Crippen LogP contribution in [0.3, 0.4) is 0 Å². The molecule has 0 aromatic heterocycles. The average molecular weight is 1480 g/mol. The van der Waals surface area contributed by atoms with Gasteiger partial charge in [0, 0.05) is 25.7 Å². The molecule has 0 aromatic carbocycles. The van der Waals surface area contributed by atoms with E-state index in [1.54, 1.807) is 0 Å². The summed E-state index contributed by atoms with van der Waals surface area (Å²) in [6, 6.07) is 0. The zero-order chi connectivity index (χ0) is 74.4. The number of unbranched alkanes of at least 4 members (excludes halogenated alkanes) is 48. The van der Waals surface area contributed by atoms with Crippen LogP contribution in [-0.2, 0) is 65.4 Å². The second kappa shape index (κ2) is 72.3. The molecule has 0 aliphatic rings. The van der Waals surface area contributed by atoms with Crippen LogP contribution in [0.1, 0.15) is 427 Å². The molecular formula is C82H160O17P2. The van der Waals surface area contributed by atoms with Crippen LogP contribution < -0.4 is 0 Å². The quantitative estimate of drug-likeness (QED) is 0.0222. The van der Waals surface area contributed by atoms with Gasteiger partial charge in [-0.05, 0) is 43.4 Å². The van der Waals surface area contributed by atoms with Crippen molar-refractivity contribution in [2.24, 2.45) is 17.8 Å². The van der Waals surface area contributed by atoms with Crippen molar-refractivity contribution in [3.05, 3.63) is 0 Å². The average Bonchev–Trinajstić information content (AvgIpc) is 0.950. The Bertz CT molecular complexity index is 1960. The monoisotopic (exact) mass is 1480 g/mol. The van der Waals surface area contributed by atoms with E-state index in [0.29, 0.717) is 25.7 Å². The molecule has 3 N–H and O–H groups in total. The van der Waals surface area contributed by atoms with Gasteiger partial charge in [-0.3, -0.25) is 37.3 Å². The Hall–Kier alpha value is -1.94. The lowest BCUT2D eigenvalue weighted by molar-refractivity contribution is -0.161. The highest BCUT2D eigenvalue weighted by Crippen LogP contribution is 2.45. The molecule has 600 valence electrons. The van der Waals surface area contributed by atoms with E-state index in [1.807, 2.05) is 0 Å². The maximum atomic E-state index is 13.1. The van der Waals surface area contributed by atoms with Crippen LogP contribution in [0.4, 0.5) is 0 Å². The van der Waals surface area contributed by atoms with Crippen molar-refractivity contribution in [3.63, 3.8) is 0 Å². The molecule has 0 bridgehead atoms. The largest absolute Gasteiger partial charge is 0.472 e. The number of carbonyl (C=O) groups excluding carboxylic acids is 4. The number of rotatable bonds is 80. The zero-order valence-corrected chi connectivity index (χ0v) is 68.2. The number of hydrogen-bond donors (Lipinski definition) is 3. The van der Waals surface area contributed by atoms with Crippen molar-refractivity contribution in [2.75, 3.05) is 39.6 Å². The Morgan fingerprint density at radius 3 is 0.673 bits per heavy atom. The highest BCUT2D eigenvalue weighted by molar-refractivity contribution is 7.47. The fraction of sp³-hybridized carbons (Fsp3) is 0.951. The van der Waals surface area contributed by atoms with Crippen molar-refractivity contribution < 1.29 is 80.2 Å². The first-order valence-electron chi connectivity index (χ1n) is 42.3. The van der Waals surface area contributed by atoms with Gasteiger partial charge < -0.3 is 33.8 Å². The molecule has 0 aliphatic carbocycles. The second-order valence-electron chi connectivity index (χ2n) is 30.9. The maximum Gasteiger partial charge on any atom is 0.472 e. The van der Waals surface area contributed by atoms with Crippen LogP contribution in [0, 0.1) is 17.8 Å². The lowest BCUT2D eigenvalue weighted by Crippen LogP contribution is -2.30. The van der Waals surface area contributed by atoms with Gasteiger partial charge in [0.1, 0.15) is 19.3 Å². The van der Waals surface area contributed by atoms with E-state index >= 15 is 0 Å². The third kappa shape index (κ3) is 76.1. The number of phosphoric acid groups is 2. The summed E-state index contributed by atoms with van der Waals surface area (Å²) in [6.07, 6.45) is 61.1. The van der Waals surface area contributed by atoms with Crippen molar-refractivity contribution in [3.8, 4) is 0 Å². The van der Waals surface area contributed by atoms with Gasteiger partial charge in [0.2, 0.25) is 0 Å². The molecule has 0 radical (unpaired) electrons. The summed E-state index contributed by atoms with van der Waals surface area (Å²) in [5.41, 5.74) is 0. The highest BCUT2D eigenvalue weighted by Gasteiger charge is 2.30. The van der Waals surface area contributed by atoms with Crippen molar-refractivity contribution in [2.45, 2.75) is 446 Å². The van der Waals surface area contributed by atoms with E-state index in [9.17, 15) is 43.2 Å². The first kappa shape index (κ1) is 99.1. The van der Waals surface area contributed by atoms with Crippen LogP contribution in [-0.4, -0.2) is 96.7 Å². The molecule has 0 saturated carbocycles. The van der Waals surface area contributed by atoms with Gasteiger partial charge in [0.05, 0.1) is 26.4 Å². The Balaban J connectivity index is 5.24. The van der Waals surface area contributed by atoms with Gasteiger partial charge in [0.15, 0.2) is 12.2 Å². The summed E-state index contributed by atoms with van der Waals surface area (Å²) in [5, 5.41) is 10.6. The third-order valence-electron chi connectivity index (χ3n) is 19.1. The number of aliphatic hydroxyl groups excluding tert-OH is 1. The minimum atomic E-state index is -4.96. The maximum absolute atomic E-state index is 13.1. The predicted molar refractivity (Wildman–Crippen MR) is 414 cm³/mol. The molecular weight excluding hydrogens is 1320 g/mol. The van der Waals surface area contributed by atoms with Gasteiger partial charge in [-0.2, -0.15) is 0 Å². The molecule has 2 unspecified atom stereocenters. The summed E-state index contributed by atoms with van der Waals surface area (Å²) in [4.78, 5) is 73.1. The Morgan fingerprint density at radius 2 is 0.455 bits per heavy atom. The Morgan fingerprint density at radius 1 is 0.267 bits per heavy atom. The molecule has 0 aromatic rings. The number of esters is 4. The zero-order valence-electron chi connectivity index (χ0n) is 66.4. The molecule has 0 fully saturated rings. The number of ether oxygens (including phenoxy) is 4. The van der Waals surface area contributed by atoms with Crippen LogP contribution >= 0.6 is 15.6 Å². The number of phosphoric ester groups is 2. The molecule has 5 atom stereocenters. The fourth-order valence-electron chi connectivity index (χ4n) is 12.7. The molecule has 19 heteroatoms. The molecule has 17 nitrogen and oxygen atoms in total. The topological polar surface area (TPSA) is 237 Å². The fourth-order valence-corrected chi connectivity index (χ4v) is 14.2. The number of carbonyl (C=O) groups is 4. The molecule has 0 spiro atoms. The van der Waals surface area contributed by atoms with E-state index in [0.717, 1.165) is 108 Å². The molecule has 0 rings (SSSR count). The van der Waals surface area contributed by atoms with Gasteiger partial charge in [-0.1, -0.05) is 376 Å². The van der Waals surface area contributed by atoms with Gasteiger partial charge >= 0.3 is 39.5 Å². The predicted octanol–water partition coefficient (Wildman–Crippen LogP) is 24.5. The summed E-state index contributed by atoms with van der Waals surface area (Å²) in [5.74, 6) is 0.174.